The molecule has 1 aliphatic rings. The van der Waals surface area contributed by atoms with Crippen molar-refractivity contribution >= 4 is 23.2 Å². The Hall–Kier alpha value is -3.47. The van der Waals surface area contributed by atoms with E-state index in [2.05, 4.69) is 59.0 Å². The number of hydrogen-bond donors (Lipinski definition) is 2. The van der Waals surface area contributed by atoms with E-state index in [4.69, 9.17) is 15.5 Å². The summed E-state index contributed by atoms with van der Waals surface area (Å²) in [5, 5.41) is 7.79. The lowest BCUT2D eigenvalue weighted by atomic mass is 10.1. The van der Waals surface area contributed by atoms with Crippen LogP contribution in [-0.4, -0.2) is 80.7 Å². The Morgan fingerprint density at radius 2 is 1.92 bits per heavy atom. The minimum absolute atomic E-state index is 0.00439. The van der Waals surface area contributed by atoms with E-state index in [-0.39, 0.29) is 18.0 Å². The van der Waals surface area contributed by atoms with Gasteiger partial charge in [-0.05, 0) is 43.9 Å². The number of aromatic nitrogens is 5. The summed E-state index contributed by atoms with van der Waals surface area (Å²) >= 11 is 0. The van der Waals surface area contributed by atoms with Gasteiger partial charge < -0.3 is 25.6 Å². The van der Waals surface area contributed by atoms with Crippen molar-refractivity contribution in [2.24, 2.45) is 5.92 Å². The van der Waals surface area contributed by atoms with Crippen LogP contribution >= 0.6 is 0 Å². The Bertz CT molecular complexity index is 1230. The highest BCUT2D eigenvalue weighted by molar-refractivity contribution is 5.78. The van der Waals surface area contributed by atoms with Gasteiger partial charge in [-0.25, -0.2) is 14.5 Å². The lowest BCUT2D eigenvalue weighted by Gasteiger charge is -2.36. The van der Waals surface area contributed by atoms with Crippen LogP contribution in [0.15, 0.2) is 18.5 Å². The smallest absolute Gasteiger partial charge is 0.336 e. The minimum Gasteiger partial charge on any atom is -0.459 e. The summed E-state index contributed by atoms with van der Waals surface area (Å²) in [6, 6.07) is 2.41. The number of amides is 1. The quantitative estimate of drug-likeness (QED) is 0.390. The first-order valence-electron chi connectivity index (χ1n) is 13.6. The van der Waals surface area contributed by atoms with Crippen LogP contribution in [0.25, 0.3) is 5.65 Å². The predicted molar refractivity (Wildman–Crippen MR) is 148 cm³/mol. The van der Waals surface area contributed by atoms with Crippen LogP contribution in [0.1, 0.15) is 57.4 Å². The molecule has 206 valence electrons. The first kappa shape index (κ1) is 27.6. The third-order valence-electron chi connectivity index (χ3n) is 6.69. The number of nitrogens with two attached hydrogens (primary N) is 1. The second-order valence-corrected chi connectivity index (χ2v) is 10.5. The van der Waals surface area contributed by atoms with Crippen molar-refractivity contribution in [3.63, 3.8) is 0 Å². The van der Waals surface area contributed by atoms with Crippen LogP contribution in [0.5, 0.6) is 6.01 Å². The van der Waals surface area contributed by atoms with Gasteiger partial charge in [-0.1, -0.05) is 33.3 Å². The van der Waals surface area contributed by atoms with Crippen LogP contribution in [0.2, 0.25) is 0 Å². The minimum atomic E-state index is 0.00439. The highest BCUT2D eigenvalue weighted by Gasteiger charge is 2.23. The number of piperazine rings is 1. The summed E-state index contributed by atoms with van der Waals surface area (Å²) in [5.41, 5.74) is 9.70. The second kappa shape index (κ2) is 12.4. The SMILES string of the molecule is CCCC(C)Oc1nc(N)c2ncc(Cc3cnc(N4CCN(C(=O)CNCC(C)C)CC4)c(C)c3)n2n1. The standard InChI is InChI=1S/C27H41N9O2/c1-6-7-20(5)38-27-32-24(28)26-31-16-22(36(26)33-27)13-21-12-19(4)25(30-15-21)35-10-8-34(9-11-35)23(37)17-29-14-18(2)3/h12,15-16,18,20,29H,6-11,13-14,17H2,1-5H3,(H2,28,32,33). The Kier molecular flexibility index (Phi) is 8.98. The summed E-state index contributed by atoms with van der Waals surface area (Å²) in [7, 11) is 0. The Morgan fingerprint density at radius 1 is 1.16 bits per heavy atom. The van der Waals surface area contributed by atoms with Crippen LogP contribution in [0.3, 0.4) is 0 Å². The first-order chi connectivity index (χ1) is 18.2. The van der Waals surface area contributed by atoms with Gasteiger partial charge in [-0.3, -0.25) is 4.79 Å². The molecule has 11 nitrogen and oxygen atoms in total. The molecule has 1 atom stereocenters. The largest absolute Gasteiger partial charge is 0.459 e. The van der Waals surface area contributed by atoms with Crippen LogP contribution in [-0.2, 0) is 11.2 Å². The maximum absolute atomic E-state index is 12.5. The monoisotopic (exact) mass is 523 g/mol. The molecule has 1 saturated heterocycles. The number of carbonyl (C=O) groups excluding carboxylic acids is 1. The van der Waals surface area contributed by atoms with Gasteiger partial charge in [0, 0.05) is 38.8 Å². The van der Waals surface area contributed by atoms with E-state index < -0.39 is 0 Å². The molecular weight excluding hydrogens is 482 g/mol. The average molecular weight is 524 g/mol. The average Bonchev–Trinajstić information content (AvgIpc) is 3.27. The van der Waals surface area contributed by atoms with Gasteiger partial charge in [0.15, 0.2) is 11.5 Å². The van der Waals surface area contributed by atoms with E-state index >= 15 is 0 Å². The maximum atomic E-state index is 12.5. The van der Waals surface area contributed by atoms with Crippen molar-refractivity contribution in [1.82, 2.24) is 34.8 Å². The number of nitrogen functional groups attached to an aromatic ring is 1. The number of hydrogen-bond acceptors (Lipinski definition) is 9. The van der Waals surface area contributed by atoms with Crippen LogP contribution in [0.4, 0.5) is 11.6 Å². The molecule has 1 unspecified atom stereocenters. The molecule has 0 saturated carbocycles. The molecule has 1 fully saturated rings. The number of carbonyl (C=O) groups is 1. The number of anilines is 2. The molecule has 11 heteroatoms. The van der Waals surface area contributed by atoms with Gasteiger partial charge in [0.05, 0.1) is 24.5 Å². The summed E-state index contributed by atoms with van der Waals surface area (Å²) < 4.78 is 7.59. The number of rotatable bonds is 11. The fourth-order valence-corrected chi connectivity index (χ4v) is 4.75. The zero-order chi connectivity index (χ0) is 27.2. The summed E-state index contributed by atoms with van der Waals surface area (Å²) in [6.45, 7) is 14.7. The predicted octanol–water partition coefficient (Wildman–Crippen LogP) is 2.46. The lowest BCUT2D eigenvalue weighted by molar-refractivity contribution is -0.130. The lowest BCUT2D eigenvalue weighted by Crippen LogP contribution is -2.51. The molecule has 3 aromatic heterocycles. The molecule has 4 rings (SSSR count). The van der Waals surface area contributed by atoms with E-state index in [1.54, 1.807) is 10.7 Å². The number of imidazole rings is 1. The fraction of sp³-hybridized carbons (Fsp3) is 0.593. The highest BCUT2D eigenvalue weighted by atomic mass is 16.5. The van der Waals surface area contributed by atoms with Crippen LogP contribution < -0.4 is 20.7 Å². The van der Waals surface area contributed by atoms with Gasteiger partial charge in [0.1, 0.15) is 5.82 Å². The number of fused-ring (bicyclic) bond motifs is 1. The van der Waals surface area contributed by atoms with Crippen molar-refractivity contribution in [3.8, 4) is 6.01 Å². The van der Waals surface area contributed by atoms with Gasteiger partial charge in [0.25, 0.3) is 0 Å². The second-order valence-electron chi connectivity index (χ2n) is 10.5. The van der Waals surface area contributed by atoms with E-state index in [1.165, 1.54) is 0 Å². The van der Waals surface area contributed by atoms with Gasteiger partial charge in [-0.2, -0.15) is 4.98 Å². The van der Waals surface area contributed by atoms with Gasteiger partial charge in [-0.15, -0.1) is 5.10 Å². The molecule has 0 radical (unpaired) electrons. The van der Waals surface area contributed by atoms with E-state index in [0.29, 0.717) is 43.4 Å². The summed E-state index contributed by atoms with van der Waals surface area (Å²) in [5.74, 6) is 1.95. The summed E-state index contributed by atoms with van der Waals surface area (Å²) in [6.07, 6.45) is 6.21. The molecule has 0 bridgehead atoms. The molecule has 0 aliphatic carbocycles. The molecule has 3 N–H and O–H groups in total. The molecule has 1 amide bonds. The molecule has 4 heterocycles. The van der Waals surface area contributed by atoms with Crippen molar-refractivity contribution in [2.45, 2.75) is 60.0 Å². The molecular formula is C27H41N9O2. The first-order valence-corrected chi connectivity index (χ1v) is 13.6. The Balaban J connectivity index is 1.40. The number of nitrogens with one attached hydrogen (secondary N) is 1. The van der Waals surface area contributed by atoms with Crippen molar-refractivity contribution in [1.29, 1.82) is 0 Å². The van der Waals surface area contributed by atoms with Crippen LogP contribution in [0, 0.1) is 12.8 Å². The normalized spacial score (nSPS) is 14.9. The number of ether oxygens (including phenoxy) is 1. The number of nitrogens with zero attached hydrogens (tertiary/aromatic N) is 7. The number of aryl methyl sites for hydroxylation is 1. The molecule has 3 aromatic rings. The topological polar surface area (TPSA) is 127 Å². The van der Waals surface area contributed by atoms with E-state index in [0.717, 1.165) is 55.1 Å². The Morgan fingerprint density at radius 3 is 2.61 bits per heavy atom. The Labute approximate surface area is 224 Å². The number of pyridine rings is 1. The fourth-order valence-electron chi connectivity index (χ4n) is 4.75. The molecule has 38 heavy (non-hydrogen) atoms. The third kappa shape index (κ3) is 6.69. The van der Waals surface area contributed by atoms with Crippen molar-refractivity contribution in [3.05, 3.63) is 35.3 Å². The third-order valence-corrected chi connectivity index (χ3v) is 6.69. The zero-order valence-electron chi connectivity index (χ0n) is 23.3. The van der Waals surface area contributed by atoms with E-state index in [9.17, 15) is 4.79 Å². The zero-order valence-corrected chi connectivity index (χ0v) is 23.3. The molecule has 0 aromatic carbocycles. The highest BCUT2D eigenvalue weighted by Crippen LogP contribution is 2.22. The molecule has 0 spiro atoms. The molecule has 1 aliphatic heterocycles. The maximum Gasteiger partial charge on any atom is 0.336 e. The summed E-state index contributed by atoms with van der Waals surface area (Å²) in [4.78, 5) is 30.2. The van der Waals surface area contributed by atoms with E-state index in [1.807, 2.05) is 18.0 Å². The van der Waals surface area contributed by atoms with Gasteiger partial charge >= 0.3 is 6.01 Å². The van der Waals surface area contributed by atoms with Crippen molar-refractivity contribution in [2.75, 3.05) is 49.9 Å². The van der Waals surface area contributed by atoms with Crippen molar-refractivity contribution < 1.29 is 9.53 Å². The van der Waals surface area contributed by atoms with Gasteiger partial charge in [0.2, 0.25) is 5.91 Å².